The summed E-state index contributed by atoms with van der Waals surface area (Å²) in [6.45, 7) is 18.1. The van der Waals surface area contributed by atoms with Crippen LogP contribution in [0.1, 0.15) is 0 Å². The predicted octanol–water partition coefficient (Wildman–Crippen LogP) is 9.14. The van der Waals surface area contributed by atoms with Gasteiger partial charge in [0.2, 0.25) is 0 Å². The second kappa shape index (κ2) is 21.1. The molecule has 9 aromatic carbocycles. The summed E-state index contributed by atoms with van der Waals surface area (Å²) >= 11 is 0. The minimum atomic E-state index is -3.37. The molecule has 342 valence electrons. The van der Waals surface area contributed by atoms with E-state index in [1.165, 1.54) is 0 Å². The summed E-state index contributed by atoms with van der Waals surface area (Å²) in [5.74, 6) is 1.85. The molecule has 0 saturated heterocycles. The van der Waals surface area contributed by atoms with Gasteiger partial charge in [0.25, 0.3) is 0 Å². The number of benzene rings is 9. The quantitative estimate of drug-likeness (QED) is 0.0715. The Morgan fingerprint density at radius 3 is 0.457 bits per heavy atom. The average molecular weight is 975 g/mol. The molecule has 8 heteroatoms. The van der Waals surface area contributed by atoms with Crippen molar-refractivity contribution in [3.8, 4) is 23.0 Å². The van der Waals surface area contributed by atoms with Crippen molar-refractivity contribution in [2.24, 2.45) is 0 Å². The summed E-state index contributed by atoms with van der Waals surface area (Å²) in [4.78, 5) is 0. The largest absolute Gasteiger partial charge is 0.528 e. The molecule has 0 aliphatic heterocycles. The molecule has 0 spiro atoms. The first kappa shape index (κ1) is 47.1. The van der Waals surface area contributed by atoms with E-state index in [2.05, 4.69) is 123 Å². The molecule has 0 bridgehead atoms. The molecule has 70 heavy (non-hydrogen) atoms. The Morgan fingerprint density at radius 2 is 0.343 bits per heavy atom. The predicted molar refractivity (Wildman–Crippen MR) is 301 cm³/mol. The van der Waals surface area contributed by atoms with Crippen LogP contribution in [0.4, 0.5) is 0 Å². The second-order valence-electron chi connectivity index (χ2n) is 16.8. The van der Waals surface area contributed by atoms with Crippen LogP contribution in [0.5, 0.6) is 23.0 Å². The van der Waals surface area contributed by atoms with Crippen LogP contribution in [0.15, 0.2) is 304 Å². The first-order chi connectivity index (χ1) is 34.4. The Balaban J connectivity index is 1.39. The van der Waals surface area contributed by atoms with Gasteiger partial charge in [-0.25, -0.2) is 0 Å². The molecule has 0 atom stereocenters. The Hall–Kier alpha value is -7.99. The van der Waals surface area contributed by atoms with Crippen LogP contribution in [0.3, 0.4) is 0 Å². The van der Waals surface area contributed by atoms with Crippen molar-refractivity contribution in [3.63, 3.8) is 0 Å². The van der Waals surface area contributed by atoms with Crippen LogP contribution >= 0.6 is 0 Å². The van der Waals surface area contributed by atoms with Crippen molar-refractivity contribution >= 4 is 74.8 Å². The van der Waals surface area contributed by atoms with Crippen molar-refractivity contribution in [3.05, 3.63) is 304 Å². The summed E-state index contributed by atoms with van der Waals surface area (Å²) < 4.78 is 31.3. The van der Waals surface area contributed by atoms with E-state index in [4.69, 9.17) is 17.7 Å². The van der Waals surface area contributed by atoms with Gasteiger partial charge in [-0.05, 0) is 41.5 Å². The smallest absolute Gasteiger partial charge is 0.339 e. The van der Waals surface area contributed by atoms with Crippen molar-refractivity contribution in [2.45, 2.75) is 0 Å². The fraction of sp³-hybridized carbons (Fsp3) is 0. The van der Waals surface area contributed by atoms with E-state index in [0.717, 1.165) is 41.5 Å². The van der Waals surface area contributed by atoms with E-state index in [0.29, 0.717) is 23.0 Å². The molecule has 0 aliphatic rings. The zero-order valence-corrected chi connectivity index (χ0v) is 43.0. The maximum atomic E-state index is 7.83. The van der Waals surface area contributed by atoms with Gasteiger partial charge in [0.1, 0.15) is 23.0 Å². The van der Waals surface area contributed by atoms with Crippen molar-refractivity contribution < 1.29 is 17.7 Å². The lowest BCUT2D eigenvalue weighted by atomic mass is 10.3. The lowest BCUT2D eigenvalue weighted by molar-refractivity contribution is 0.473. The SMILES string of the molecule is C=C[Si](Oc1cc(O[Si](C=C)(c2ccccc2)c2ccccc2)c(O[Si](C=C)(c2ccccc2)c2ccccc2)cc1O[Si](C=C)(c1ccccc1)c1ccccc1)(c1ccccc1)c1ccccc1. The molecule has 0 heterocycles. The van der Waals surface area contributed by atoms with E-state index in [1.54, 1.807) is 0 Å². The first-order valence-corrected chi connectivity index (χ1v) is 31.3. The van der Waals surface area contributed by atoms with Crippen LogP contribution in [0, 0.1) is 0 Å². The molecule has 0 fully saturated rings. The zero-order chi connectivity index (χ0) is 48.3. The maximum absolute atomic E-state index is 7.83. The minimum absolute atomic E-state index is 0.464. The molecule has 0 amide bonds. The minimum Gasteiger partial charge on any atom is -0.528 e. The van der Waals surface area contributed by atoms with Crippen LogP contribution in [-0.2, 0) is 0 Å². The van der Waals surface area contributed by atoms with Crippen LogP contribution in [-0.4, -0.2) is 33.3 Å². The van der Waals surface area contributed by atoms with E-state index in [9.17, 15) is 0 Å². The van der Waals surface area contributed by atoms with Crippen molar-refractivity contribution in [2.75, 3.05) is 0 Å². The molecular formula is C62H54O4Si4. The molecule has 4 nitrogen and oxygen atoms in total. The molecule has 9 rings (SSSR count). The Bertz CT molecular complexity index is 2570. The molecule has 0 aliphatic carbocycles. The highest BCUT2D eigenvalue weighted by Gasteiger charge is 2.46. The normalized spacial score (nSPS) is 11.7. The third-order valence-electron chi connectivity index (χ3n) is 12.9. The number of hydrogen-bond acceptors (Lipinski definition) is 4. The lowest BCUT2D eigenvalue weighted by Gasteiger charge is -2.37. The molecule has 0 aromatic heterocycles. The van der Waals surface area contributed by atoms with Crippen LogP contribution in [0.2, 0.25) is 0 Å². The van der Waals surface area contributed by atoms with Crippen LogP contribution < -0.4 is 59.2 Å². The Morgan fingerprint density at radius 1 is 0.214 bits per heavy atom. The fourth-order valence-electron chi connectivity index (χ4n) is 9.27. The van der Waals surface area contributed by atoms with E-state index >= 15 is 0 Å². The summed E-state index contributed by atoms with van der Waals surface area (Å²) in [6, 6.07) is 86.9. The highest BCUT2D eigenvalue weighted by molar-refractivity contribution is 7.03. The molecule has 9 aromatic rings. The second-order valence-corrected chi connectivity index (χ2v) is 29.8. The third kappa shape index (κ3) is 9.04. The molecule has 0 radical (unpaired) electrons. The monoisotopic (exact) mass is 974 g/mol. The fourth-order valence-corrected chi connectivity index (χ4v) is 21.3. The van der Waals surface area contributed by atoms with Gasteiger partial charge < -0.3 is 17.7 Å². The molecule has 0 N–H and O–H groups in total. The number of rotatable bonds is 20. The highest BCUT2D eigenvalue weighted by atomic mass is 28.4. The lowest BCUT2D eigenvalue weighted by Crippen LogP contribution is -2.64. The van der Waals surface area contributed by atoms with Crippen molar-refractivity contribution in [1.82, 2.24) is 0 Å². The van der Waals surface area contributed by atoms with E-state index in [-0.39, 0.29) is 0 Å². The summed E-state index contributed by atoms with van der Waals surface area (Å²) in [5.41, 5.74) is 7.98. The molecule has 0 unspecified atom stereocenters. The summed E-state index contributed by atoms with van der Waals surface area (Å²) in [5, 5.41) is 8.10. The standard InChI is InChI=1S/C62H54O4Si4/c1-5-67(51-33-17-9-18-34-51,52-35-19-10-20-36-52)63-59-49-61(65-69(7-3,55-41-25-13-26-42-55)56-43-27-14-28-44-56)62(66-70(8-4,57-45-29-15-30-46-57)58-47-31-16-32-48-58)50-60(59)64-68(6-2,53-37-21-11-22-38-53)54-39-23-12-24-40-54/h5-50H,1-4H2. The van der Waals surface area contributed by atoms with Gasteiger partial charge in [0.15, 0.2) is 0 Å². The van der Waals surface area contributed by atoms with Gasteiger partial charge in [0.05, 0.1) is 0 Å². The van der Waals surface area contributed by atoms with Crippen LogP contribution in [0.25, 0.3) is 0 Å². The summed E-state index contributed by atoms with van der Waals surface area (Å²) in [6.07, 6.45) is 0. The van der Waals surface area contributed by atoms with E-state index < -0.39 is 33.3 Å². The summed E-state index contributed by atoms with van der Waals surface area (Å²) in [7, 11) is -13.5. The first-order valence-electron chi connectivity index (χ1n) is 23.4. The Kier molecular flexibility index (Phi) is 14.2. The zero-order valence-electron chi connectivity index (χ0n) is 39.0. The third-order valence-corrected chi connectivity index (χ3v) is 26.9. The van der Waals surface area contributed by atoms with Gasteiger partial charge in [-0.2, -0.15) is 0 Å². The Labute approximate surface area is 417 Å². The highest BCUT2D eigenvalue weighted by Crippen LogP contribution is 2.44. The van der Waals surface area contributed by atoms with Gasteiger partial charge >= 0.3 is 33.3 Å². The molecular weight excluding hydrogens is 921 g/mol. The van der Waals surface area contributed by atoms with Gasteiger partial charge in [-0.15, -0.1) is 26.3 Å². The average Bonchev–Trinajstić information content (AvgIpc) is 3.45. The molecule has 0 saturated carbocycles. The van der Waals surface area contributed by atoms with Gasteiger partial charge in [0, 0.05) is 12.1 Å². The van der Waals surface area contributed by atoms with Crippen molar-refractivity contribution in [1.29, 1.82) is 0 Å². The van der Waals surface area contributed by atoms with Gasteiger partial charge in [-0.1, -0.05) is 265 Å². The number of hydrogen-bond donors (Lipinski definition) is 0. The van der Waals surface area contributed by atoms with E-state index in [1.807, 2.05) is 181 Å². The van der Waals surface area contributed by atoms with Gasteiger partial charge in [-0.3, -0.25) is 0 Å². The maximum Gasteiger partial charge on any atom is 0.339 e. The topological polar surface area (TPSA) is 36.9 Å².